The number of aliphatic hydroxyl groups is 2. The number of likely N-dealkylation sites (N-methyl/N-ethyl adjacent to an activating group) is 1. The van der Waals surface area contributed by atoms with Crippen LogP contribution in [-0.4, -0.2) is 59.7 Å². The molecule has 0 bridgehead atoms. The minimum atomic E-state index is -0.511. The van der Waals surface area contributed by atoms with Crippen LogP contribution < -0.4 is 0 Å². The predicted octanol–water partition coefficient (Wildman–Crippen LogP) is 0.475. The lowest BCUT2D eigenvalue weighted by Gasteiger charge is -2.27. The molecule has 0 saturated heterocycles. The first kappa shape index (κ1) is 14.8. The molecular formula is C11H25NO3. The van der Waals surface area contributed by atoms with Crippen molar-refractivity contribution >= 4 is 0 Å². The van der Waals surface area contributed by atoms with Crippen LogP contribution in [0.3, 0.4) is 0 Å². The summed E-state index contributed by atoms with van der Waals surface area (Å²) in [7, 11) is 1.88. The molecule has 0 aliphatic heterocycles. The van der Waals surface area contributed by atoms with Crippen molar-refractivity contribution in [2.45, 2.75) is 45.4 Å². The molecule has 0 heterocycles. The van der Waals surface area contributed by atoms with Crippen LogP contribution in [0.4, 0.5) is 0 Å². The highest BCUT2D eigenvalue weighted by molar-refractivity contribution is 4.68. The summed E-state index contributed by atoms with van der Waals surface area (Å²) in [5.74, 6) is 0. The molecule has 4 nitrogen and oxygen atoms in total. The van der Waals surface area contributed by atoms with E-state index < -0.39 is 6.10 Å². The fraction of sp³-hybridized carbons (Fsp3) is 1.00. The average Bonchev–Trinajstić information content (AvgIpc) is 2.12. The molecule has 2 unspecified atom stereocenters. The van der Waals surface area contributed by atoms with Gasteiger partial charge >= 0.3 is 0 Å². The van der Waals surface area contributed by atoms with E-state index in [2.05, 4.69) is 0 Å². The minimum absolute atomic E-state index is 0.0642. The number of hydrogen-bond donors (Lipinski definition) is 2. The zero-order valence-corrected chi connectivity index (χ0v) is 10.5. The lowest BCUT2D eigenvalue weighted by atomic mass is 10.2. The summed E-state index contributed by atoms with van der Waals surface area (Å²) < 4.78 is 5.47. The van der Waals surface area contributed by atoms with Crippen molar-refractivity contribution in [2.24, 2.45) is 0 Å². The average molecular weight is 219 g/mol. The van der Waals surface area contributed by atoms with E-state index in [1.165, 1.54) is 0 Å². The van der Waals surface area contributed by atoms with Crippen LogP contribution in [0.5, 0.6) is 0 Å². The summed E-state index contributed by atoms with van der Waals surface area (Å²) in [6.45, 7) is 8.73. The maximum absolute atomic E-state index is 9.68. The Balaban J connectivity index is 3.78. The Bertz CT molecular complexity index is 168. The van der Waals surface area contributed by atoms with Gasteiger partial charge in [0.2, 0.25) is 0 Å². The van der Waals surface area contributed by atoms with Crippen molar-refractivity contribution in [3.8, 4) is 0 Å². The van der Waals surface area contributed by atoms with Gasteiger partial charge in [0.1, 0.15) is 0 Å². The summed E-state index contributed by atoms with van der Waals surface area (Å²) in [5, 5.41) is 18.6. The summed E-state index contributed by atoms with van der Waals surface area (Å²) in [4.78, 5) is 1.91. The molecule has 0 aromatic heterocycles. The monoisotopic (exact) mass is 219 g/mol. The Morgan fingerprint density at radius 2 is 1.87 bits per heavy atom. The molecule has 0 saturated carbocycles. The Hall–Kier alpha value is -0.160. The van der Waals surface area contributed by atoms with Gasteiger partial charge in [0, 0.05) is 12.6 Å². The number of rotatable bonds is 6. The van der Waals surface area contributed by atoms with Crippen molar-refractivity contribution in [1.82, 2.24) is 4.90 Å². The third kappa shape index (κ3) is 7.73. The second-order valence-electron chi connectivity index (χ2n) is 5.05. The molecule has 4 heteroatoms. The summed E-state index contributed by atoms with van der Waals surface area (Å²) in [6.07, 6.45) is -0.511. The van der Waals surface area contributed by atoms with Crippen molar-refractivity contribution in [2.75, 3.05) is 26.8 Å². The molecule has 0 aliphatic carbocycles. The number of ether oxygens (including phenoxy) is 1. The lowest BCUT2D eigenvalue weighted by molar-refractivity contribution is -0.0576. The third-order valence-electron chi connectivity index (χ3n) is 2.22. The fourth-order valence-corrected chi connectivity index (χ4v) is 1.05. The number of nitrogens with zero attached hydrogens (tertiary/aromatic N) is 1. The maximum atomic E-state index is 9.68. The van der Waals surface area contributed by atoms with Crippen LogP contribution >= 0.6 is 0 Å². The third-order valence-corrected chi connectivity index (χ3v) is 2.22. The first-order chi connectivity index (χ1) is 6.76. The van der Waals surface area contributed by atoms with E-state index in [0.717, 1.165) is 0 Å². The topological polar surface area (TPSA) is 52.9 Å². The maximum Gasteiger partial charge on any atom is 0.0900 e. The molecule has 2 N–H and O–H groups in total. The van der Waals surface area contributed by atoms with Gasteiger partial charge in [-0.05, 0) is 34.7 Å². The largest absolute Gasteiger partial charge is 0.395 e. The molecule has 92 valence electrons. The van der Waals surface area contributed by atoms with Gasteiger partial charge in [-0.15, -0.1) is 0 Å². The highest BCUT2D eigenvalue weighted by Crippen LogP contribution is 2.07. The van der Waals surface area contributed by atoms with Gasteiger partial charge in [0.25, 0.3) is 0 Å². The van der Waals surface area contributed by atoms with Crippen molar-refractivity contribution in [3.05, 3.63) is 0 Å². The fourth-order valence-electron chi connectivity index (χ4n) is 1.05. The Labute approximate surface area is 92.9 Å². The predicted molar refractivity (Wildman–Crippen MR) is 60.9 cm³/mol. The van der Waals surface area contributed by atoms with E-state index >= 15 is 0 Å². The quantitative estimate of drug-likeness (QED) is 0.682. The van der Waals surface area contributed by atoms with Gasteiger partial charge in [0.15, 0.2) is 0 Å². The van der Waals surface area contributed by atoms with Gasteiger partial charge in [-0.1, -0.05) is 0 Å². The molecule has 2 atom stereocenters. The number of hydrogen-bond acceptors (Lipinski definition) is 4. The molecule has 0 rings (SSSR count). The molecule has 15 heavy (non-hydrogen) atoms. The summed E-state index contributed by atoms with van der Waals surface area (Å²) >= 11 is 0. The van der Waals surface area contributed by atoms with Crippen molar-refractivity contribution < 1.29 is 14.9 Å². The minimum Gasteiger partial charge on any atom is -0.395 e. The van der Waals surface area contributed by atoms with E-state index in [0.29, 0.717) is 13.2 Å². The van der Waals surface area contributed by atoms with Crippen LogP contribution in [0.1, 0.15) is 27.7 Å². The van der Waals surface area contributed by atoms with Crippen LogP contribution in [0, 0.1) is 0 Å². The molecule has 0 radical (unpaired) electrons. The molecular weight excluding hydrogens is 194 g/mol. The summed E-state index contributed by atoms with van der Waals surface area (Å²) in [5.41, 5.74) is -0.220. The Kier molecular flexibility index (Phi) is 6.36. The SMILES string of the molecule is CC(CO)N(C)CC(O)COC(C)(C)C. The second kappa shape index (κ2) is 6.43. The first-order valence-electron chi connectivity index (χ1n) is 5.39. The van der Waals surface area contributed by atoms with Crippen LogP contribution in [0.25, 0.3) is 0 Å². The van der Waals surface area contributed by atoms with E-state index in [1.54, 1.807) is 0 Å². The molecule has 0 aromatic rings. The van der Waals surface area contributed by atoms with E-state index in [1.807, 2.05) is 39.6 Å². The van der Waals surface area contributed by atoms with E-state index in [9.17, 15) is 5.11 Å². The van der Waals surface area contributed by atoms with Gasteiger partial charge < -0.3 is 14.9 Å². The van der Waals surface area contributed by atoms with E-state index in [-0.39, 0.29) is 18.2 Å². The summed E-state index contributed by atoms with van der Waals surface area (Å²) in [6, 6.07) is 0.0642. The van der Waals surface area contributed by atoms with Crippen molar-refractivity contribution in [3.63, 3.8) is 0 Å². The molecule has 0 aliphatic rings. The molecule has 0 spiro atoms. The molecule has 0 amide bonds. The van der Waals surface area contributed by atoms with Crippen LogP contribution in [-0.2, 0) is 4.74 Å². The number of aliphatic hydroxyl groups excluding tert-OH is 2. The molecule has 0 fully saturated rings. The Morgan fingerprint density at radius 1 is 1.33 bits per heavy atom. The van der Waals surface area contributed by atoms with Gasteiger partial charge in [0.05, 0.1) is 24.9 Å². The zero-order valence-electron chi connectivity index (χ0n) is 10.5. The highest BCUT2D eigenvalue weighted by atomic mass is 16.5. The first-order valence-corrected chi connectivity index (χ1v) is 5.39. The van der Waals surface area contributed by atoms with E-state index in [4.69, 9.17) is 9.84 Å². The van der Waals surface area contributed by atoms with Crippen LogP contribution in [0.2, 0.25) is 0 Å². The highest BCUT2D eigenvalue weighted by Gasteiger charge is 2.16. The second-order valence-corrected chi connectivity index (χ2v) is 5.05. The standard InChI is InChI=1S/C11H25NO3/c1-9(7-13)12(5)6-10(14)8-15-11(2,3)4/h9-10,13-14H,6-8H2,1-5H3. The normalized spacial score (nSPS) is 16.8. The smallest absolute Gasteiger partial charge is 0.0900 e. The van der Waals surface area contributed by atoms with Gasteiger partial charge in [-0.3, -0.25) is 4.90 Å². The Morgan fingerprint density at radius 3 is 2.27 bits per heavy atom. The van der Waals surface area contributed by atoms with Gasteiger partial charge in [-0.2, -0.15) is 0 Å². The van der Waals surface area contributed by atoms with Crippen molar-refractivity contribution in [1.29, 1.82) is 0 Å². The van der Waals surface area contributed by atoms with Gasteiger partial charge in [-0.25, -0.2) is 0 Å². The lowest BCUT2D eigenvalue weighted by Crippen LogP contribution is -2.40. The molecule has 0 aromatic carbocycles. The zero-order chi connectivity index (χ0) is 12.1. The van der Waals surface area contributed by atoms with Crippen LogP contribution in [0.15, 0.2) is 0 Å².